The molecule has 2 unspecified atom stereocenters. The van der Waals surface area contributed by atoms with E-state index in [1.165, 1.54) is 35.4 Å². The molecular weight excluding hydrogens is 226 g/mol. The van der Waals surface area contributed by atoms with E-state index in [0.29, 0.717) is 12.1 Å². The highest BCUT2D eigenvalue weighted by Crippen LogP contribution is 2.17. The highest BCUT2D eigenvalue weighted by Gasteiger charge is 2.08. The van der Waals surface area contributed by atoms with Gasteiger partial charge < -0.3 is 5.32 Å². The maximum absolute atomic E-state index is 3.70. The van der Waals surface area contributed by atoms with Gasteiger partial charge in [0.2, 0.25) is 0 Å². The van der Waals surface area contributed by atoms with Crippen LogP contribution < -0.4 is 5.32 Å². The Kier molecular flexibility index (Phi) is 6.83. The van der Waals surface area contributed by atoms with Crippen molar-refractivity contribution in [1.29, 1.82) is 0 Å². The van der Waals surface area contributed by atoms with Gasteiger partial charge in [0, 0.05) is 21.8 Å². The molecule has 1 rings (SSSR count). The molecule has 2 atom stereocenters. The minimum absolute atomic E-state index is 0.588. The number of unbranched alkanes of at least 4 members (excludes halogenated alkanes) is 2. The van der Waals surface area contributed by atoms with Crippen LogP contribution in [0.3, 0.4) is 0 Å². The second kappa shape index (κ2) is 7.88. The first kappa shape index (κ1) is 14.7. The lowest BCUT2D eigenvalue weighted by Crippen LogP contribution is -2.35. The molecule has 0 bridgehead atoms. The van der Waals surface area contributed by atoms with Crippen molar-refractivity contribution < 1.29 is 0 Å². The molecular formula is C15H27NS. The quantitative estimate of drug-likeness (QED) is 0.670. The summed E-state index contributed by atoms with van der Waals surface area (Å²) in [7, 11) is 0. The smallest absolute Gasteiger partial charge is 0.00894 e. The van der Waals surface area contributed by atoms with Gasteiger partial charge >= 0.3 is 0 Å². The van der Waals surface area contributed by atoms with Gasteiger partial charge in [0.15, 0.2) is 0 Å². The Morgan fingerprint density at radius 2 is 1.94 bits per heavy atom. The van der Waals surface area contributed by atoms with Gasteiger partial charge in [-0.25, -0.2) is 0 Å². The number of rotatable bonds is 8. The van der Waals surface area contributed by atoms with E-state index in [4.69, 9.17) is 0 Å². The van der Waals surface area contributed by atoms with E-state index in [9.17, 15) is 0 Å². The van der Waals surface area contributed by atoms with Gasteiger partial charge in [-0.3, -0.25) is 0 Å². The van der Waals surface area contributed by atoms with Gasteiger partial charge in [-0.05, 0) is 45.7 Å². The largest absolute Gasteiger partial charge is 0.311 e. The van der Waals surface area contributed by atoms with Crippen molar-refractivity contribution in [3.63, 3.8) is 0 Å². The zero-order valence-electron chi connectivity index (χ0n) is 11.8. The standard InChI is InChI=1S/C15H27NS/c1-5-6-7-8-12(2)16-13(3)11-15-10-9-14(4)17-15/h9-10,12-13,16H,5-8,11H2,1-4H3. The Hall–Kier alpha value is -0.340. The summed E-state index contributed by atoms with van der Waals surface area (Å²) >= 11 is 1.92. The molecule has 1 N–H and O–H groups in total. The molecule has 0 saturated heterocycles. The number of hydrogen-bond acceptors (Lipinski definition) is 2. The fourth-order valence-electron chi connectivity index (χ4n) is 2.23. The molecule has 0 amide bonds. The Labute approximate surface area is 111 Å². The van der Waals surface area contributed by atoms with Gasteiger partial charge in [0.25, 0.3) is 0 Å². The monoisotopic (exact) mass is 253 g/mol. The second-order valence-electron chi connectivity index (χ2n) is 5.18. The first-order chi connectivity index (χ1) is 8.11. The Bertz CT molecular complexity index is 306. The van der Waals surface area contributed by atoms with Crippen LogP contribution in [-0.2, 0) is 6.42 Å². The highest BCUT2D eigenvalue weighted by atomic mass is 32.1. The zero-order chi connectivity index (χ0) is 12.7. The van der Waals surface area contributed by atoms with Crippen molar-refractivity contribution in [2.75, 3.05) is 0 Å². The Morgan fingerprint density at radius 1 is 1.18 bits per heavy atom. The zero-order valence-corrected chi connectivity index (χ0v) is 12.6. The van der Waals surface area contributed by atoms with E-state index in [0.717, 1.165) is 6.42 Å². The number of thiophene rings is 1. The van der Waals surface area contributed by atoms with E-state index in [1.807, 2.05) is 11.3 Å². The van der Waals surface area contributed by atoms with Crippen LogP contribution in [0.25, 0.3) is 0 Å². The molecule has 1 heterocycles. The lowest BCUT2D eigenvalue weighted by Gasteiger charge is -2.19. The third kappa shape index (κ3) is 6.23. The van der Waals surface area contributed by atoms with Crippen LogP contribution >= 0.6 is 11.3 Å². The Morgan fingerprint density at radius 3 is 2.53 bits per heavy atom. The molecule has 0 saturated carbocycles. The molecule has 17 heavy (non-hydrogen) atoms. The molecule has 1 aromatic rings. The molecule has 0 aliphatic heterocycles. The van der Waals surface area contributed by atoms with Crippen LogP contribution in [-0.4, -0.2) is 12.1 Å². The van der Waals surface area contributed by atoms with Crippen LogP contribution in [0.15, 0.2) is 12.1 Å². The predicted octanol–water partition coefficient (Wildman–Crippen LogP) is 4.55. The molecule has 1 nitrogen and oxygen atoms in total. The SMILES string of the molecule is CCCCCC(C)NC(C)Cc1ccc(C)s1. The van der Waals surface area contributed by atoms with E-state index < -0.39 is 0 Å². The van der Waals surface area contributed by atoms with Crippen LogP contribution in [0.5, 0.6) is 0 Å². The summed E-state index contributed by atoms with van der Waals surface area (Å²) in [6.07, 6.45) is 6.51. The summed E-state index contributed by atoms with van der Waals surface area (Å²) in [6, 6.07) is 5.72. The minimum atomic E-state index is 0.588. The predicted molar refractivity (Wildman–Crippen MR) is 79.0 cm³/mol. The van der Waals surface area contributed by atoms with Crippen molar-refractivity contribution in [1.82, 2.24) is 5.32 Å². The van der Waals surface area contributed by atoms with Crippen LogP contribution in [0.2, 0.25) is 0 Å². The molecule has 1 aromatic heterocycles. The maximum Gasteiger partial charge on any atom is 0.00894 e. The van der Waals surface area contributed by atoms with Gasteiger partial charge in [-0.2, -0.15) is 0 Å². The lowest BCUT2D eigenvalue weighted by atomic mass is 10.1. The third-order valence-electron chi connectivity index (χ3n) is 3.11. The molecule has 0 fully saturated rings. The summed E-state index contributed by atoms with van der Waals surface area (Å²) in [5, 5.41) is 3.70. The van der Waals surface area contributed by atoms with E-state index >= 15 is 0 Å². The fraction of sp³-hybridized carbons (Fsp3) is 0.733. The fourth-order valence-corrected chi connectivity index (χ4v) is 3.24. The summed E-state index contributed by atoms with van der Waals surface area (Å²) in [5.74, 6) is 0. The molecule has 98 valence electrons. The van der Waals surface area contributed by atoms with Crippen molar-refractivity contribution in [2.45, 2.75) is 71.9 Å². The van der Waals surface area contributed by atoms with Gasteiger partial charge in [-0.15, -0.1) is 11.3 Å². The minimum Gasteiger partial charge on any atom is -0.311 e. The van der Waals surface area contributed by atoms with Crippen molar-refractivity contribution in [2.24, 2.45) is 0 Å². The maximum atomic E-state index is 3.70. The molecule has 0 aromatic carbocycles. The van der Waals surface area contributed by atoms with Crippen molar-refractivity contribution >= 4 is 11.3 Å². The topological polar surface area (TPSA) is 12.0 Å². The van der Waals surface area contributed by atoms with Crippen LogP contribution in [0.4, 0.5) is 0 Å². The van der Waals surface area contributed by atoms with Gasteiger partial charge in [-0.1, -0.05) is 26.2 Å². The number of nitrogens with one attached hydrogen (secondary N) is 1. The van der Waals surface area contributed by atoms with Gasteiger partial charge in [0.05, 0.1) is 0 Å². The molecule has 0 spiro atoms. The molecule has 2 heteroatoms. The average Bonchev–Trinajstić information content (AvgIpc) is 2.64. The number of aryl methyl sites for hydroxylation is 1. The first-order valence-corrected chi connectivity index (χ1v) is 7.74. The van der Waals surface area contributed by atoms with Gasteiger partial charge in [0.1, 0.15) is 0 Å². The second-order valence-corrected chi connectivity index (χ2v) is 6.55. The lowest BCUT2D eigenvalue weighted by molar-refractivity contribution is 0.431. The van der Waals surface area contributed by atoms with E-state index in [2.05, 4.69) is 45.1 Å². The summed E-state index contributed by atoms with van der Waals surface area (Å²) in [4.78, 5) is 2.92. The van der Waals surface area contributed by atoms with Crippen LogP contribution in [0, 0.1) is 6.92 Å². The molecule has 0 aliphatic rings. The third-order valence-corrected chi connectivity index (χ3v) is 4.14. The number of hydrogen-bond donors (Lipinski definition) is 1. The molecule has 0 radical (unpaired) electrons. The van der Waals surface area contributed by atoms with Crippen molar-refractivity contribution in [3.8, 4) is 0 Å². The normalized spacial score (nSPS) is 14.8. The average molecular weight is 253 g/mol. The summed E-state index contributed by atoms with van der Waals surface area (Å²) in [6.45, 7) is 9.05. The summed E-state index contributed by atoms with van der Waals surface area (Å²) < 4.78 is 0. The van der Waals surface area contributed by atoms with Crippen molar-refractivity contribution in [3.05, 3.63) is 21.9 Å². The van der Waals surface area contributed by atoms with E-state index in [-0.39, 0.29) is 0 Å². The van der Waals surface area contributed by atoms with Crippen LogP contribution in [0.1, 0.15) is 56.2 Å². The summed E-state index contributed by atoms with van der Waals surface area (Å²) in [5.41, 5.74) is 0. The molecule has 0 aliphatic carbocycles. The van der Waals surface area contributed by atoms with E-state index in [1.54, 1.807) is 0 Å². The highest BCUT2D eigenvalue weighted by molar-refractivity contribution is 7.11. The first-order valence-electron chi connectivity index (χ1n) is 6.93. The Balaban J connectivity index is 2.21.